The van der Waals surface area contributed by atoms with Gasteiger partial charge in [-0.25, -0.2) is 0 Å². The second-order valence-corrected chi connectivity index (χ2v) is 5.64. The standard InChI is InChI=1S/C19H17NO3/c1-12-8-10-15(11-9-12)20-17(14-6-4-3-5-7-14)16(13(2)21)18(22)19(20)23/h3-11,17,22H,1-2H3. The zero-order chi connectivity index (χ0) is 16.6. The monoisotopic (exact) mass is 307 g/mol. The van der Waals surface area contributed by atoms with E-state index in [4.69, 9.17) is 0 Å². The maximum Gasteiger partial charge on any atom is 0.294 e. The maximum absolute atomic E-state index is 12.6. The minimum absolute atomic E-state index is 0.141. The minimum Gasteiger partial charge on any atom is -0.503 e. The predicted molar refractivity (Wildman–Crippen MR) is 88.2 cm³/mol. The summed E-state index contributed by atoms with van der Waals surface area (Å²) in [4.78, 5) is 26.0. The molecule has 0 saturated carbocycles. The number of hydrogen-bond acceptors (Lipinski definition) is 3. The summed E-state index contributed by atoms with van der Waals surface area (Å²) in [6.45, 7) is 3.33. The molecule has 1 heterocycles. The average Bonchev–Trinajstić information content (AvgIpc) is 2.81. The summed E-state index contributed by atoms with van der Waals surface area (Å²) in [7, 11) is 0. The first kappa shape index (κ1) is 15.0. The highest BCUT2D eigenvalue weighted by atomic mass is 16.3. The molecule has 4 heteroatoms. The third kappa shape index (κ3) is 2.52. The highest BCUT2D eigenvalue weighted by Gasteiger charge is 2.43. The van der Waals surface area contributed by atoms with Gasteiger partial charge in [0.05, 0.1) is 11.6 Å². The van der Waals surface area contributed by atoms with Crippen molar-refractivity contribution in [1.82, 2.24) is 0 Å². The van der Waals surface area contributed by atoms with E-state index in [1.165, 1.54) is 11.8 Å². The summed E-state index contributed by atoms with van der Waals surface area (Å²) in [5.41, 5.74) is 2.65. The van der Waals surface area contributed by atoms with Gasteiger partial charge in [0, 0.05) is 5.69 Å². The fourth-order valence-electron chi connectivity index (χ4n) is 2.89. The summed E-state index contributed by atoms with van der Waals surface area (Å²) in [5.74, 6) is -1.32. The Labute approximate surface area is 134 Å². The number of ketones is 1. The van der Waals surface area contributed by atoms with Crippen molar-refractivity contribution in [2.75, 3.05) is 4.90 Å². The Morgan fingerprint density at radius 1 is 1.04 bits per heavy atom. The highest BCUT2D eigenvalue weighted by Crippen LogP contribution is 2.40. The van der Waals surface area contributed by atoms with E-state index in [0.29, 0.717) is 5.69 Å². The molecule has 1 amide bonds. The average molecular weight is 307 g/mol. The van der Waals surface area contributed by atoms with Crippen molar-refractivity contribution < 1.29 is 14.7 Å². The first-order chi connectivity index (χ1) is 11.0. The molecule has 1 atom stereocenters. The van der Waals surface area contributed by atoms with Crippen LogP contribution < -0.4 is 4.90 Å². The van der Waals surface area contributed by atoms with Crippen molar-refractivity contribution in [3.8, 4) is 0 Å². The van der Waals surface area contributed by atoms with Gasteiger partial charge in [0.15, 0.2) is 11.5 Å². The van der Waals surface area contributed by atoms with Gasteiger partial charge in [-0.05, 0) is 31.5 Å². The number of aliphatic hydroxyl groups is 1. The quantitative estimate of drug-likeness (QED) is 0.944. The molecule has 0 aliphatic carbocycles. The van der Waals surface area contributed by atoms with Gasteiger partial charge in [-0.3, -0.25) is 14.5 Å². The molecule has 0 radical (unpaired) electrons. The fourth-order valence-corrected chi connectivity index (χ4v) is 2.89. The van der Waals surface area contributed by atoms with Gasteiger partial charge < -0.3 is 5.11 Å². The summed E-state index contributed by atoms with van der Waals surface area (Å²) in [5, 5.41) is 10.2. The van der Waals surface area contributed by atoms with Crippen LogP contribution in [0.3, 0.4) is 0 Å². The molecule has 0 fully saturated rings. The molecule has 23 heavy (non-hydrogen) atoms. The van der Waals surface area contributed by atoms with Gasteiger partial charge in [0.2, 0.25) is 0 Å². The second-order valence-electron chi connectivity index (χ2n) is 5.64. The van der Waals surface area contributed by atoms with Gasteiger partial charge in [-0.2, -0.15) is 0 Å². The summed E-state index contributed by atoms with van der Waals surface area (Å²) in [6, 6.07) is 16.1. The van der Waals surface area contributed by atoms with Crippen LogP contribution in [0.2, 0.25) is 0 Å². The van der Waals surface area contributed by atoms with E-state index in [1.54, 1.807) is 0 Å². The normalized spacial score (nSPS) is 17.7. The van der Waals surface area contributed by atoms with E-state index in [2.05, 4.69) is 0 Å². The topological polar surface area (TPSA) is 57.6 Å². The molecule has 0 saturated heterocycles. The molecule has 4 nitrogen and oxygen atoms in total. The first-order valence-electron chi connectivity index (χ1n) is 7.40. The van der Waals surface area contributed by atoms with E-state index in [9.17, 15) is 14.7 Å². The Bertz CT molecular complexity index is 791. The van der Waals surface area contributed by atoms with Crippen LogP contribution in [-0.4, -0.2) is 16.8 Å². The lowest BCUT2D eigenvalue weighted by Gasteiger charge is -2.26. The van der Waals surface area contributed by atoms with E-state index >= 15 is 0 Å². The van der Waals surface area contributed by atoms with Crippen LogP contribution in [0.4, 0.5) is 5.69 Å². The lowest BCUT2D eigenvalue weighted by atomic mass is 9.96. The number of Topliss-reactive ketones (excluding diaryl/α,β-unsaturated/α-hetero) is 1. The predicted octanol–water partition coefficient (Wildman–Crippen LogP) is 3.48. The Balaban J connectivity index is 2.16. The van der Waals surface area contributed by atoms with Crippen LogP contribution in [0, 0.1) is 6.92 Å². The molecular weight excluding hydrogens is 290 g/mol. The maximum atomic E-state index is 12.6. The molecule has 0 bridgehead atoms. The Morgan fingerprint density at radius 2 is 1.65 bits per heavy atom. The van der Waals surface area contributed by atoms with Gasteiger partial charge in [0.1, 0.15) is 0 Å². The summed E-state index contributed by atoms with van der Waals surface area (Å²) >= 11 is 0. The SMILES string of the molecule is CC(=O)C1=C(O)C(=O)N(c2ccc(C)cc2)C1c1ccccc1. The van der Waals surface area contributed by atoms with Gasteiger partial charge in [-0.15, -0.1) is 0 Å². The Hall–Kier alpha value is -2.88. The molecule has 1 aliphatic heterocycles. The first-order valence-corrected chi connectivity index (χ1v) is 7.40. The van der Waals surface area contributed by atoms with E-state index in [0.717, 1.165) is 11.1 Å². The van der Waals surface area contributed by atoms with Crippen molar-refractivity contribution in [3.05, 3.63) is 77.1 Å². The van der Waals surface area contributed by atoms with Crippen LogP contribution in [0.15, 0.2) is 65.9 Å². The van der Waals surface area contributed by atoms with Crippen LogP contribution in [0.25, 0.3) is 0 Å². The molecule has 2 aromatic rings. The van der Waals surface area contributed by atoms with Crippen LogP contribution in [0.5, 0.6) is 0 Å². The number of aryl methyl sites for hydroxylation is 1. The molecular formula is C19H17NO3. The smallest absolute Gasteiger partial charge is 0.294 e. The van der Waals surface area contributed by atoms with Crippen LogP contribution in [0.1, 0.15) is 24.1 Å². The van der Waals surface area contributed by atoms with Gasteiger partial charge in [-0.1, -0.05) is 48.0 Å². The van der Waals surface area contributed by atoms with Crippen molar-refractivity contribution in [3.63, 3.8) is 0 Å². The van der Waals surface area contributed by atoms with Gasteiger partial charge in [0.25, 0.3) is 5.91 Å². The molecule has 0 spiro atoms. The van der Waals surface area contributed by atoms with Gasteiger partial charge >= 0.3 is 0 Å². The number of anilines is 1. The van der Waals surface area contributed by atoms with Crippen LogP contribution >= 0.6 is 0 Å². The minimum atomic E-state index is -0.607. The lowest BCUT2D eigenvalue weighted by Crippen LogP contribution is -2.30. The molecule has 1 unspecified atom stereocenters. The number of aliphatic hydroxyl groups excluding tert-OH is 1. The Kier molecular flexibility index (Phi) is 3.74. The molecule has 0 aromatic heterocycles. The third-order valence-electron chi connectivity index (χ3n) is 4.01. The lowest BCUT2D eigenvalue weighted by molar-refractivity contribution is -0.117. The zero-order valence-electron chi connectivity index (χ0n) is 13.0. The number of carbonyl (C=O) groups excluding carboxylic acids is 2. The summed E-state index contributed by atoms with van der Waals surface area (Å²) in [6.07, 6.45) is 0. The van der Waals surface area contributed by atoms with Crippen molar-refractivity contribution in [2.24, 2.45) is 0 Å². The van der Waals surface area contributed by atoms with Crippen LogP contribution in [-0.2, 0) is 9.59 Å². The third-order valence-corrected chi connectivity index (χ3v) is 4.01. The highest BCUT2D eigenvalue weighted by molar-refractivity contribution is 6.16. The number of carbonyl (C=O) groups is 2. The van der Waals surface area contributed by atoms with E-state index < -0.39 is 17.7 Å². The molecule has 2 aromatic carbocycles. The number of hydrogen-bond donors (Lipinski definition) is 1. The number of benzene rings is 2. The second kappa shape index (κ2) is 5.72. The molecule has 1 N–H and O–H groups in total. The molecule has 3 rings (SSSR count). The van der Waals surface area contributed by atoms with Crippen molar-refractivity contribution in [1.29, 1.82) is 0 Å². The Morgan fingerprint density at radius 3 is 2.22 bits per heavy atom. The zero-order valence-corrected chi connectivity index (χ0v) is 13.0. The van der Waals surface area contributed by atoms with Crippen molar-refractivity contribution in [2.45, 2.75) is 19.9 Å². The largest absolute Gasteiger partial charge is 0.503 e. The number of nitrogens with zero attached hydrogens (tertiary/aromatic N) is 1. The summed E-state index contributed by atoms with van der Waals surface area (Å²) < 4.78 is 0. The fraction of sp³-hybridized carbons (Fsp3) is 0.158. The number of amides is 1. The number of rotatable bonds is 3. The van der Waals surface area contributed by atoms with Crippen molar-refractivity contribution >= 4 is 17.4 Å². The molecule has 116 valence electrons. The van der Waals surface area contributed by atoms with E-state index in [-0.39, 0.29) is 11.4 Å². The van der Waals surface area contributed by atoms with E-state index in [1.807, 2.05) is 61.5 Å². The molecule has 1 aliphatic rings.